The predicted octanol–water partition coefficient (Wildman–Crippen LogP) is 1.62. The Morgan fingerprint density at radius 1 is 1.50 bits per heavy atom. The van der Waals surface area contributed by atoms with E-state index in [1.54, 1.807) is 0 Å². The molecule has 0 saturated carbocycles. The molecule has 1 rings (SSSR count). The van der Waals surface area contributed by atoms with Gasteiger partial charge in [0.05, 0.1) is 12.4 Å². The fourth-order valence-electron chi connectivity index (χ4n) is 0.656. The highest BCUT2D eigenvalue weighted by Crippen LogP contribution is 2.14. The van der Waals surface area contributed by atoms with Crippen molar-refractivity contribution in [1.82, 2.24) is 9.97 Å². The first-order valence-electron chi connectivity index (χ1n) is 3.22. The molecule has 5 heteroatoms. The van der Waals surface area contributed by atoms with E-state index in [2.05, 4.69) is 9.97 Å². The molecule has 0 aliphatic carbocycles. The van der Waals surface area contributed by atoms with Crippen LogP contribution in [0, 0.1) is 0 Å². The highest BCUT2D eigenvalue weighted by Gasteiger charge is 2.11. The number of aromatic nitrogens is 2. The Morgan fingerprint density at radius 2 is 2.17 bits per heavy atom. The van der Waals surface area contributed by atoms with Crippen LogP contribution in [0.15, 0.2) is 12.4 Å². The van der Waals surface area contributed by atoms with E-state index in [0.29, 0.717) is 0 Å². The van der Waals surface area contributed by atoms with Crippen LogP contribution in [-0.2, 0) is 0 Å². The summed E-state index contributed by atoms with van der Waals surface area (Å²) in [6.07, 6.45) is -0.581. The summed E-state index contributed by atoms with van der Waals surface area (Å²) < 4.78 is 24.0. The van der Waals surface area contributed by atoms with E-state index < -0.39 is 12.1 Å². The van der Waals surface area contributed by atoms with Crippen LogP contribution in [0.25, 0.3) is 0 Å². The second-order valence-electron chi connectivity index (χ2n) is 2.19. The molecule has 12 heavy (non-hydrogen) atoms. The maximum Gasteiger partial charge on any atom is 0.281 e. The first-order chi connectivity index (χ1) is 5.61. The Bertz CT molecular complexity index is 301. The maximum absolute atomic E-state index is 12.0. The summed E-state index contributed by atoms with van der Waals surface area (Å²) in [7, 11) is 0. The van der Waals surface area contributed by atoms with E-state index in [1.165, 1.54) is 6.92 Å². The third-order valence-electron chi connectivity index (χ3n) is 1.24. The second kappa shape index (κ2) is 3.34. The second-order valence-corrected chi connectivity index (χ2v) is 2.19. The van der Waals surface area contributed by atoms with Crippen LogP contribution in [0.2, 0.25) is 0 Å². The van der Waals surface area contributed by atoms with Gasteiger partial charge in [0.2, 0.25) is 0 Å². The van der Waals surface area contributed by atoms with Crippen molar-refractivity contribution in [1.29, 1.82) is 0 Å². The van der Waals surface area contributed by atoms with Crippen molar-refractivity contribution in [3.05, 3.63) is 23.8 Å². The van der Waals surface area contributed by atoms with Crippen LogP contribution in [0.4, 0.5) is 8.78 Å². The lowest BCUT2D eigenvalue weighted by Crippen LogP contribution is -2.01. The molecular weight excluding hydrogens is 166 g/mol. The van der Waals surface area contributed by atoms with Gasteiger partial charge in [0.1, 0.15) is 11.4 Å². The van der Waals surface area contributed by atoms with Gasteiger partial charge in [-0.15, -0.1) is 0 Å². The lowest BCUT2D eigenvalue weighted by Gasteiger charge is -1.98. The van der Waals surface area contributed by atoms with E-state index in [1.807, 2.05) is 0 Å². The largest absolute Gasteiger partial charge is 0.293 e. The van der Waals surface area contributed by atoms with E-state index in [4.69, 9.17) is 0 Å². The van der Waals surface area contributed by atoms with Gasteiger partial charge in [-0.3, -0.25) is 9.78 Å². The van der Waals surface area contributed by atoms with Crippen LogP contribution in [-0.4, -0.2) is 15.8 Å². The van der Waals surface area contributed by atoms with Crippen molar-refractivity contribution in [3.63, 3.8) is 0 Å². The number of halogens is 2. The zero-order chi connectivity index (χ0) is 9.14. The molecule has 0 aliphatic rings. The van der Waals surface area contributed by atoms with Gasteiger partial charge in [0, 0.05) is 6.92 Å². The molecule has 0 aliphatic heterocycles. The van der Waals surface area contributed by atoms with Gasteiger partial charge >= 0.3 is 0 Å². The zero-order valence-electron chi connectivity index (χ0n) is 6.29. The van der Waals surface area contributed by atoms with Crippen LogP contribution in [0.3, 0.4) is 0 Å². The summed E-state index contributed by atoms with van der Waals surface area (Å²) in [5.41, 5.74) is -0.504. The van der Waals surface area contributed by atoms with Crippen molar-refractivity contribution in [2.24, 2.45) is 0 Å². The molecule has 0 N–H and O–H groups in total. The number of ketones is 1. The van der Waals surface area contributed by atoms with E-state index in [0.717, 1.165) is 12.4 Å². The zero-order valence-corrected chi connectivity index (χ0v) is 6.29. The van der Waals surface area contributed by atoms with Gasteiger partial charge in [0.25, 0.3) is 6.43 Å². The van der Waals surface area contributed by atoms with Crippen LogP contribution in [0.5, 0.6) is 0 Å². The number of nitrogens with zero attached hydrogens (tertiary/aromatic N) is 2. The van der Waals surface area contributed by atoms with Crippen LogP contribution < -0.4 is 0 Å². The van der Waals surface area contributed by atoms with E-state index in [9.17, 15) is 13.6 Å². The predicted molar refractivity (Wildman–Crippen MR) is 37.0 cm³/mol. The number of rotatable bonds is 2. The molecule has 1 heterocycles. The molecule has 1 aromatic rings. The topological polar surface area (TPSA) is 42.9 Å². The highest BCUT2D eigenvalue weighted by atomic mass is 19.3. The minimum Gasteiger partial charge on any atom is -0.293 e. The number of hydrogen-bond donors (Lipinski definition) is 0. The third kappa shape index (κ3) is 1.81. The van der Waals surface area contributed by atoms with Gasteiger partial charge < -0.3 is 0 Å². The summed E-state index contributed by atoms with van der Waals surface area (Å²) in [5.74, 6) is -0.370. The number of carbonyl (C=O) groups is 1. The molecule has 0 spiro atoms. The SMILES string of the molecule is CC(=O)c1cncc(C(F)F)n1. The van der Waals surface area contributed by atoms with Crippen LogP contribution in [0.1, 0.15) is 29.5 Å². The molecule has 64 valence electrons. The third-order valence-corrected chi connectivity index (χ3v) is 1.24. The fourth-order valence-corrected chi connectivity index (χ4v) is 0.656. The smallest absolute Gasteiger partial charge is 0.281 e. The monoisotopic (exact) mass is 172 g/mol. The number of carbonyl (C=O) groups excluding carboxylic acids is 1. The maximum atomic E-state index is 12.0. The molecule has 0 unspecified atom stereocenters. The Kier molecular flexibility index (Phi) is 2.42. The molecule has 1 aromatic heterocycles. The minimum atomic E-state index is -2.68. The first-order valence-corrected chi connectivity index (χ1v) is 3.22. The first kappa shape index (κ1) is 8.70. The normalized spacial score (nSPS) is 10.3. The van der Waals surface area contributed by atoms with Crippen molar-refractivity contribution < 1.29 is 13.6 Å². The standard InChI is InChI=1S/C7H6F2N2O/c1-4(12)5-2-10-3-6(11-5)7(8)9/h2-3,7H,1H3. The van der Waals surface area contributed by atoms with Gasteiger partial charge in [0.15, 0.2) is 5.78 Å². The van der Waals surface area contributed by atoms with Gasteiger partial charge in [-0.25, -0.2) is 13.8 Å². The van der Waals surface area contributed by atoms with Crippen molar-refractivity contribution in [3.8, 4) is 0 Å². The van der Waals surface area contributed by atoms with Crippen LogP contribution >= 0.6 is 0 Å². The molecule has 0 bridgehead atoms. The van der Waals surface area contributed by atoms with Gasteiger partial charge in [-0.05, 0) is 0 Å². The van der Waals surface area contributed by atoms with Crippen molar-refractivity contribution in [2.45, 2.75) is 13.3 Å². The van der Waals surface area contributed by atoms with Crippen molar-refractivity contribution >= 4 is 5.78 Å². The Morgan fingerprint density at radius 3 is 2.67 bits per heavy atom. The summed E-state index contributed by atoms with van der Waals surface area (Å²) >= 11 is 0. The number of alkyl halides is 2. The average Bonchev–Trinajstić information content (AvgIpc) is 2.04. The summed E-state index contributed by atoms with van der Waals surface area (Å²) in [6, 6.07) is 0. The van der Waals surface area contributed by atoms with Gasteiger partial charge in [-0.2, -0.15) is 0 Å². The molecule has 0 aromatic carbocycles. The number of hydrogen-bond acceptors (Lipinski definition) is 3. The lowest BCUT2D eigenvalue weighted by atomic mass is 10.3. The Labute approximate surface area is 67.5 Å². The molecule has 0 fully saturated rings. The van der Waals surface area contributed by atoms with E-state index in [-0.39, 0.29) is 11.5 Å². The van der Waals surface area contributed by atoms with Gasteiger partial charge in [-0.1, -0.05) is 0 Å². The summed E-state index contributed by atoms with van der Waals surface area (Å²) in [4.78, 5) is 17.5. The lowest BCUT2D eigenvalue weighted by molar-refractivity contribution is 0.101. The highest BCUT2D eigenvalue weighted by molar-refractivity contribution is 5.91. The quantitative estimate of drug-likeness (QED) is 0.636. The summed E-state index contributed by atoms with van der Waals surface area (Å²) in [6.45, 7) is 1.25. The van der Waals surface area contributed by atoms with E-state index >= 15 is 0 Å². The molecule has 0 saturated heterocycles. The Hall–Kier alpha value is -1.39. The summed E-state index contributed by atoms with van der Waals surface area (Å²) in [5, 5.41) is 0. The number of Topliss-reactive ketones (excluding diaryl/α,β-unsaturated/α-hetero) is 1. The fraction of sp³-hybridized carbons (Fsp3) is 0.286. The molecule has 0 atom stereocenters. The van der Waals surface area contributed by atoms with Crippen molar-refractivity contribution in [2.75, 3.05) is 0 Å². The molecule has 3 nitrogen and oxygen atoms in total. The molecular formula is C7H6F2N2O. The molecule has 0 radical (unpaired) electrons. The average molecular weight is 172 g/mol. The molecule has 0 amide bonds. The minimum absolute atomic E-state index is 0.0344. The Balaban J connectivity index is 3.04.